The number of carbonyl (C=O) groups excluding carboxylic acids is 1. The highest BCUT2D eigenvalue weighted by atomic mass is 16.2. The zero-order valence-corrected chi connectivity index (χ0v) is 13.8. The first-order chi connectivity index (χ1) is 10.7. The minimum absolute atomic E-state index is 0.190. The van der Waals surface area contributed by atoms with Gasteiger partial charge in [0.1, 0.15) is 0 Å². The summed E-state index contributed by atoms with van der Waals surface area (Å²) in [4.78, 5) is 17.4. The summed E-state index contributed by atoms with van der Waals surface area (Å²) in [6, 6.07) is 6.46. The van der Waals surface area contributed by atoms with Crippen LogP contribution in [0.4, 0.5) is 5.69 Å². The van der Waals surface area contributed by atoms with Crippen molar-refractivity contribution in [1.82, 2.24) is 9.80 Å². The van der Waals surface area contributed by atoms with Crippen molar-refractivity contribution in [3.8, 4) is 0 Å². The van der Waals surface area contributed by atoms with Crippen molar-refractivity contribution in [1.29, 1.82) is 0 Å². The van der Waals surface area contributed by atoms with Gasteiger partial charge in [-0.2, -0.15) is 0 Å². The minimum Gasteiger partial charge on any atom is -0.385 e. The molecule has 1 N–H and O–H groups in total. The molecule has 0 radical (unpaired) electrons. The molecular weight excluding hydrogens is 274 g/mol. The first-order valence-electron chi connectivity index (χ1n) is 8.56. The van der Waals surface area contributed by atoms with E-state index in [1.807, 2.05) is 24.1 Å². The van der Waals surface area contributed by atoms with Gasteiger partial charge in [-0.1, -0.05) is 13.0 Å². The lowest BCUT2D eigenvalue weighted by molar-refractivity contribution is 0.0645. The van der Waals surface area contributed by atoms with Crippen LogP contribution in [0, 0.1) is 0 Å². The number of hydrogen-bond donors (Lipinski definition) is 1. The van der Waals surface area contributed by atoms with Crippen molar-refractivity contribution in [2.45, 2.75) is 38.6 Å². The molecule has 0 saturated carbocycles. The van der Waals surface area contributed by atoms with Gasteiger partial charge in [0.05, 0.1) is 0 Å². The standard InChI is InChI=1S/C18H27N3O/c1-3-21-12-9-14(10-13-21)20(2)18(22)16-6-4-8-17-15(16)7-5-11-19-17/h4,6,8,14,19H,3,5,7,9-13H2,1-2H3. The van der Waals surface area contributed by atoms with Gasteiger partial charge in [-0.3, -0.25) is 4.79 Å². The lowest BCUT2D eigenvalue weighted by Crippen LogP contribution is -2.45. The maximum atomic E-state index is 13.0. The molecule has 22 heavy (non-hydrogen) atoms. The maximum absolute atomic E-state index is 13.0. The molecule has 120 valence electrons. The largest absolute Gasteiger partial charge is 0.385 e. The molecule has 0 unspecified atom stereocenters. The molecule has 2 aliphatic rings. The number of amides is 1. The molecule has 1 aromatic rings. The van der Waals surface area contributed by atoms with Crippen LogP contribution in [0.25, 0.3) is 0 Å². The summed E-state index contributed by atoms with van der Waals surface area (Å²) < 4.78 is 0. The molecule has 0 atom stereocenters. The number of nitrogens with one attached hydrogen (secondary N) is 1. The molecule has 2 heterocycles. The van der Waals surface area contributed by atoms with Gasteiger partial charge in [-0.15, -0.1) is 0 Å². The van der Waals surface area contributed by atoms with Gasteiger partial charge < -0.3 is 15.1 Å². The monoisotopic (exact) mass is 301 g/mol. The predicted octanol–water partition coefficient (Wildman–Crippen LogP) is 2.60. The van der Waals surface area contributed by atoms with Crippen LogP contribution in [0.2, 0.25) is 0 Å². The van der Waals surface area contributed by atoms with Gasteiger partial charge >= 0.3 is 0 Å². The molecule has 0 bridgehead atoms. The first-order valence-corrected chi connectivity index (χ1v) is 8.56. The fourth-order valence-corrected chi connectivity index (χ4v) is 3.69. The minimum atomic E-state index is 0.190. The average Bonchev–Trinajstić information content (AvgIpc) is 2.60. The van der Waals surface area contributed by atoms with Crippen molar-refractivity contribution in [3.63, 3.8) is 0 Å². The van der Waals surface area contributed by atoms with Crippen LogP contribution >= 0.6 is 0 Å². The molecule has 3 rings (SSSR count). The van der Waals surface area contributed by atoms with E-state index in [1.165, 1.54) is 5.56 Å². The quantitative estimate of drug-likeness (QED) is 0.932. The third kappa shape index (κ3) is 2.98. The third-order valence-corrected chi connectivity index (χ3v) is 5.20. The summed E-state index contributed by atoms with van der Waals surface area (Å²) in [7, 11) is 1.98. The van der Waals surface area contributed by atoms with Crippen LogP contribution in [-0.4, -0.2) is 55.0 Å². The van der Waals surface area contributed by atoms with E-state index in [0.717, 1.165) is 63.1 Å². The van der Waals surface area contributed by atoms with Gasteiger partial charge in [0.2, 0.25) is 0 Å². The Labute approximate surface area is 133 Å². The van der Waals surface area contributed by atoms with E-state index in [2.05, 4.69) is 23.2 Å². The van der Waals surface area contributed by atoms with Crippen molar-refractivity contribution in [3.05, 3.63) is 29.3 Å². The molecule has 1 fully saturated rings. The van der Waals surface area contributed by atoms with Gasteiger partial charge in [0.25, 0.3) is 5.91 Å². The molecule has 2 aliphatic heterocycles. The van der Waals surface area contributed by atoms with E-state index < -0.39 is 0 Å². The van der Waals surface area contributed by atoms with Crippen LogP contribution in [0.1, 0.15) is 42.1 Å². The van der Waals surface area contributed by atoms with Gasteiger partial charge in [0.15, 0.2) is 0 Å². The number of piperidine rings is 1. The maximum Gasteiger partial charge on any atom is 0.254 e. The number of hydrogen-bond acceptors (Lipinski definition) is 3. The topological polar surface area (TPSA) is 35.6 Å². The lowest BCUT2D eigenvalue weighted by Gasteiger charge is -2.36. The van der Waals surface area contributed by atoms with Crippen LogP contribution in [0.3, 0.4) is 0 Å². The summed E-state index contributed by atoms with van der Waals surface area (Å²) in [6.45, 7) is 6.54. The average molecular weight is 301 g/mol. The summed E-state index contributed by atoms with van der Waals surface area (Å²) in [6.07, 6.45) is 4.29. The zero-order valence-electron chi connectivity index (χ0n) is 13.8. The molecule has 0 aliphatic carbocycles. The van der Waals surface area contributed by atoms with Crippen molar-refractivity contribution in [2.24, 2.45) is 0 Å². The Kier molecular flexibility index (Phi) is 4.67. The van der Waals surface area contributed by atoms with E-state index in [1.54, 1.807) is 0 Å². The number of fused-ring (bicyclic) bond motifs is 1. The number of benzene rings is 1. The van der Waals surface area contributed by atoms with E-state index in [-0.39, 0.29) is 5.91 Å². The molecular formula is C18H27N3O. The van der Waals surface area contributed by atoms with Crippen LogP contribution in [0.5, 0.6) is 0 Å². The van der Waals surface area contributed by atoms with Crippen molar-refractivity contribution >= 4 is 11.6 Å². The van der Waals surface area contributed by atoms with Crippen LogP contribution in [0.15, 0.2) is 18.2 Å². The molecule has 4 heteroatoms. The molecule has 1 amide bonds. The number of carbonyl (C=O) groups is 1. The van der Waals surface area contributed by atoms with Gasteiger partial charge in [0, 0.05) is 44.0 Å². The van der Waals surface area contributed by atoms with E-state index in [9.17, 15) is 4.79 Å². The Morgan fingerprint density at radius 2 is 2.14 bits per heavy atom. The summed E-state index contributed by atoms with van der Waals surface area (Å²) in [5.74, 6) is 0.190. The van der Waals surface area contributed by atoms with E-state index in [4.69, 9.17) is 0 Å². The molecule has 0 aromatic heterocycles. The van der Waals surface area contributed by atoms with Crippen molar-refractivity contribution < 1.29 is 4.79 Å². The van der Waals surface area contributed by atoms with Gasteiger partial charge in [-0.25, -0.2) is 0 Å². The second-order valence-electron chi connectivity index (χ2n) is 6.44. The fraction of sp³-hybridized carbons (Fsp3) is 0.611. The Morgan fingerprint density at radius 1 is 1.36 bits per heavy atom. The Morgan fingerprint density at radius 3 is 2.86 bits per heavy atom. The lowest BCUT2D eigenvalue weighted by atomic mass is 9.95. The fourth-order valence-electron chi connectivity index (χ4n) is 3.69. The van der Waals surface area contributed by atoms with Gasteiger partial charge in [-0.05, 0) is 49.9 Å². The predicted molar refractivity (Wildman–Crippen MR) is 90.5 cm³/mol. The smallest absolute Gasteiger partial charge is 0.254 e. The molecule has 1 aromatic carbocycles. The second-order valence-corrected chi connectivity index (χ2v) is 6.44. The zero-order chi connectivity index (χ0) is 15.5. The number of nitrogens with zero attached hydrogens (tertiary/aromatic N) is 2. The van der Waals surface area contributed by atoms with Crippen molar-refractivity contribution in [2.75, 3.05) is 38.5 Å². The molecule has 0 spiro atoms. The first kappa shape index (κ1) is 15.3. The second kappa shape index (κ2) is 6.69. The summed E-state index contributed by atoms with van der Waals surface area (Å²) in [5.41, 5.74) is 3.24. The third-order valence-electron chi connectivity index (χ3n) is 5.20. The summed E-state index contributed by atoms with van der Waals surface area (Å²) >= 11 is 0. The number of likely N-dealkylation sites (tertiary alicyclic amines) is 1. The van der Waals surface area contributed by atoms with E-state index >= 15 is 0 Å². The SMILES string of the molecule is CCN1CCC(N(C)C(=O)c2cccc3c2CCCN3)CC1. The number of anilines is 1. The Bertz CT molecular complexity index is 535. The molecule has 1 saturated heterocycles. The highest BCUT2D eigenvalue weighted by Gasteiger charge is 2.27. The highest BCUT2D eigenvalue weighted by molar-refractivity contribution is 5.97. The van der Waals surface area contributed by atoms with Crippen LogP contribution < -0.4 is 5.32 Å². The number of rotatable bonds is 3. The highest BCUT2D eigenvalue weighted by Crippen LogP contribution is 2.27. The van der Waals surface area contributed by atoms with E-state index in [0.29, 0.717) is 6.04 Å². The molecule has 4 nitrogen and oxygen atoms in total. The normalized spacial score (nSPS) is 19.4. The summed E-state index contributed by atoms with van der Waals surface area (Å²) in [5, 5.41) is 3.41. The Balaban J connectivity index is 1.74. The van der Waals surface area contributed by atoms with Crippen LogP contribution in [-0.2, 0) is 6.42 Å². The Hall–Kier alpha value is -1.55.